The molecule has 0 saturated heterocycles. The van der Waals surface area contributed by atoms with E-state index in [9.17, 15) is 18.5 Å². The SMILES string of the molecule is Cc1ccc([N+](=O)[O-])c(NS(=O)(=O)c2nc3ncc(Cl)cn3n2)c1C. The molecule has 0 amide bonds. The molecule has 0 aliphatic carbocycles. The molecule has 3 aromatic rings. The molecule has 0 radical (unpaired) electrons. The third-order valence-electron chi connectivity index (χ3n) is 3.53. The average molecular weight is 383 g/mol. The number of nitro benzene ring substituents is 1. The second-order valence-electron chi connectivity index (χ2n) is 5.18. The van der Waals surface area contributed by atoms with E-state index >= 15 is 0 Å². The molecule has 0 spiro atoms. The molecule has 25 heavy (non-hydrogen) atoms. The number of halogens is 1. The van der Waals surface area contributed by atoms with Gasteiger partial charge in [-0.3, -0.25) is 14.8 Å². The number of benzene rings is 1. The Morgan fingerprint density at radius 3 is 2.72 bits per heavy atom. The van der Waals surface area contributed by atoms with E-state index < -0.39 is 20.1 Å². The molecule has 0 saturated carbocycles. The number of sulfonamides is 1. The Morgan fingerprint density at radius 2 is 2.04 bits per heavy atom. The van der Waals surface area contributed by atoms with E-state index in [1.165, 1.54) is 18.5 Å². The first-order valence-corrected chi connectivity index (χ1v) is 8.70. The minimum atomic E-state index is -4.26. The fourth-order valence-electron chi connectivity index (χ4n) is 2.12. The van der Waals surface area contributed by atoms with Crippen LogP contribution in [0.25, 0.3) is 5.78 Å². The Morgan fingerprint density at radius 1 is 1.32 bits per heavy atom. The summed E-state index contributed by atoms with van der Waals surface area (Å²) in [5.41, 5.74) is 0.633. The quantitative estimate of drug-likeness (QED) is 0.539. The highest BCUT2D eigenvalue weighted by Gasteiger charge is 2.27. The smallest absolute Gasteiger partial charge is 0.270 e. The van der Waals surface area contributed by atoms with E-state index in [0.29, 0.717) is 11.1 Å². The van der Waals surface area contributed by atoms with Gasteiger partial charge in [0.1, 0.15) is 5.69 Å². The Bertz CT molecular complexity index is 1110. The van der Waals surface area contributed by atoms with Gasteiger partial charge in [0.05, 0.1) is 22.3 Å². The number of anilines is 1. The Hall–Kier alpha value is -2.79. The lowest BCUT2D eigenvalue weighted by Gasteiger charge is -2.10. The summed E-state index contributed by atoms with van der Waals surface area (Å²) < 4.78 is 28.4. The van der Waals surface area contributed by atoms with E-state index in [2.05, 4.69) is 19.8 Å². The van der Waals surface area contributed by atoms with Gasteiger partial charge >= 0.3 is 0 Å². The number of nitrogens with one attached hydrogen (secondary N) is 1. The lowest BCUT2D eigenvalue weighted by atomic mass is 10.1. The van der Waals surface area contributed by atoms with E-state index in [1.807, 2.05) is 0 Å². The Kier molecular flexibility index (Phi) is 4.05. The molecule has 0 bridgehead atoms. The average Bonchev–Trinajstić information content (AvgIpc) is 2.95. The molecular formula is C13H11ClN6O4S. The largest absolute Gasteiger partial charge is 0.299 e. The molecule has 1 aromatic carbocycles. The summed E-state index contributed by atoms with van der Waals surface area (Å²) in [5.74, 6) is 0.0280. The maximum absolute atomic E-state index is 12.6. The molecule has 130 valence electrons. The maximum atomic E-state index is 12.6. The number of aryl methyl sites for hydroxylation is 1. The molecule has 2 aromatic heterocycles. The fourth-order valence-corrected chi connectivity index (χ4v) is 3.27. The number of rotatable bonds is 4. The van der Waals surface area contributed by atoms with Crippen molar-refractivity contribution in [1.82, 2.24) is 19.6 Å². The first kappa shape index (κ1) is 17.0. The van der Waals surface area contributed by atoms with Crippen LogP contribution in [0.15, 0.2) is 29.7 Å². The van der Waals surface area contributed by atoms with Gasteiger partial charge in [0, 0.05) is 6.07 Å². The first-order chi connectivity index (χ1) is 11.7. The van der Waals surface area contributed by atoms with E-state index in [4.69, 9.17) is 11.6 Å². The van der Waals surface area contributed by atoms with Gasteiger partial charge in [-0.2, -0.15) is 13.4 Å². The lowest BCUT2D eigenvalue weighted by Crippen LogP contribution is -2.17. The van der Waals surface area contributed by atoms with Crippen LogP contribution in [-0.4, -0.2) is 32.9 Å². The number of aromatic nitrogens is 4. The predicted molar refractivity (Wildman–Crippen MR) is 89.2 cm³/mol. The maximum Gasteiger partial charge on any atom is 0.299 e. The van der Waals surface area contributed by atoms with Gasteiger partial charge in [-0.1, -0.05) is 17.7 Å². The van der Waals surface area contributed by atoms with Crippen molar-refractivity contribution in [3.05, 3.63) is 50.8 Å². The van der Waals surface area contributed by atoms with Gasteiger partial charge in [0.25, 0.3) is 26.6 Å². The number of nitrogens with zero attached hydrogens (tertiary/aromatic N) is 5. The van der Waals surface area contributed by atoms with Crippen LogP contribution >= 0.6 is 11.6 Å². The van der Waals surface area contributed by atoms with Crippen LogP contribution in [0.4, 0.5) is 11.4 Å². The Balaban J connectivity index is 2.10. The van der Waals surface area contributed by atoms with Crippen LogP contribution < -0.4 is 4.72 Å². The monoisotopic (exact) mass is 382 g/mol. The fraction of sp³-hybridized carbons (Fsp3) is 0.154. The second-order valence-corrected chi connectivity index (χ2v) is 7.19. The molecule has 0 aliphatic rings. The van der Waals surface area contributed by atoms with Gasteiger partial charge in [0.15, 0.2) is 0 Å². The standard InChI is InChI=1S/C13H11ClN6O4S/c1-7-3-4-10(20(21)22)11(8(7)2)18-25(23,24)13-16-12-15-5-9(14)6-19(12)17-13/h3-6,18H,1-2H3. The van der Waals surface area contributed by atoms with Crippen LogP contribution in [0, 0.1) is 24.0 Å². The molecule has 0 fully saturated rings. The summed E-state index contributed by atoms with van der Waals surface area (Å²) in [4.78, 5) is 18.2. The predicted octanol–water partition coefficient (Wildman–Crippen LogP) is 2.10. The highest BCUT2D eigenvalue weighted by Crippen LogP contribution is 2.31. The van der Waals surface area contributed by atoms with Crippen LogP contribution in [0.2, 0.25) is 5.02 Å². The highest BCUT2D eigenvalue weighted by atomic mass is 35.5. The zero-order valence-electron chi connectivity index (χ0n) is 13.0. The summed E-state index contributed by atoms with van der Waals surface area (Å²) >= 11 is 5.77. The third kappa shape index (κ3) is 3.10. The second kappa shape index (κ2) is 5.93. The van der Waals surface area contributed by atoms with Crippen molar-refractivity contribution in [3.63, 3.8) is 0 Å². The van der Waals surface area contributed by atoms with Crippen LogP contribution in [-0.2, 0) is 10.0 Å². The van der Waals surface area contributed by atoms with E-state index in [1.54, 1.807) is 19.9 Å². The molecule has 0 unspecified atom stereocenters. The topological polar surface area (TPSA) is 132 Å². The number of hydrogen-bond donors (Lipinski definition) is 1. The van der Waals surface area contributed by atoms with Crippen LogP contribution in [0.1, 0.15) is 11.1 Å². The van der Waals surface area contributed by atoms with Crippen molar-refractivity contribution >= 4 is 38.8 Å². The summed E-state index contributed by atoms with van der Waals surface area (Å²) in [6.07, 6.45) is 2.64. The number of nitro groups is 1. The van der Waals surface area contributed by atoms with Gasteiger partial charge in [-0.05, 0) is 25.0 Å². The molecular weight excluding hydrogens is 372 g/mol. The summed E-state index contributed by atoms with van der Waals surface area (Å²) in [6.45, 7) is 3.30. The summed E-state index contributed by atoms with van der Waals surface area (Å²) in [5, 5.41) is 14.7. The zero-order chi connectivity index (χ0) is 18.4. The summed E-state index contributed by atoms with van der Waals surface area (Å²) in [6, 6.07) is 2.78. The molecule has 10 nitrogen and oxygen atoms in total. The van der Waals surface area contributed by atoms with Crippen LogP contribution in [0.5, 0.6) is 0 Å². The molecule has 1 N–H and O–H groups in total. The normalized spacial score (nSPS) is 11.6. The molecule has 2 heterocycles. The third-order valence-corrected chi connectivity index (χ3v) is 4.85. The van der Waals surface area contributed by atoms with Crippen molar-refractivity contribution in [3.8, 4) is 0 Å². The molecule has 3 rings (SSSR count). The van der Waals surface area contributed by atoms with Gasteiger partial charge in [-0.25, -0.2) is 9.50 Å². The number of fused-ring (bicyclic) bond motifs is 1. The van der Waals surface area contributed by atoms with Gasteiger partial charge in [-0.15, -0.1) is 5.10 Å². The van der Waals surface area contributed by atoms with Crippen molar-refractivity contribution in [2.75, 3.05) is 4.72 Å². The van der Waals surface area contributed by atoms with E-state index in [-0.39, 0.29) is 22.2 Å². The lowest BCUT2D eigenvalue weighted by molar-refractivity contribution is -0.383. The Labute approximate surface area is 146 Å². The van der Waals surface area contributed by atoms with Crippen molar-refractivity contribution < 1.29 is 13.3 Å². The molecule has 0 aliphatic heterocycles. The molecule has 12 heteroatoms. The van der Waals surface area contributed by atoms with E-state index in [0.717, 1.165) is 4.52 Å². The van der Waals surface area contributed by atoms with Crippen LogP contribution in [0.3, 0.4) is 0 Å². The zero-order valence-corrected chi connectivity index (χ0v) is 14.5. The van der Waals surface area contributed by atoms with Crippen molar-refractivity contribution in [2.24, 2.45) is 0 Å². The minimum Gasteiger partial charge on any atom is -0.270 e. The molecule has 0 atom stereocenters. The number of hydrogen-bond acceptors (Lipinski definition) is 7. The highest BCUT2D eigenvalue weighted by molar-refractivity contribution is 7.92. The van der Waals surface area contributed by atoms with Crippen molar-refractivity contribution in [2.45, 2.75) is 19.0 Å². The minimum absolute atomic E-state index is 0.0280. The van der Waals surface area contributed by atoms with Gasteiger partial charge < -0.3 is 0 Å². The summed E-state index contributed by atoms with van der Waals surface area (Å²) in [7, 11) is -4.26. The van der Waals surface area contributed by atoms with Crippen molar-refractivity contribution in [1.29, 1.82) is 0 Å². The first-order valence-electron chi connectivity index (χ1n) is 6.84. The van der Waals surface area contributed by atoms with Gasteiger partial charge in [0.2, 0.25) is 0 Å².